The van der Waals surface area contributed by atoms with Crippen LogP contribution in [0.3, 0.4) is 0 Å². The van der Waals surface area contributed by atoms with E-state index in [4.69, 9.17) is 0 Å². The summed E-state index contributed by atoms with van der Waals surface area (Å²) in [6.45, 7) is 8.89. The minimum atomic E-state index is -0.412. The lowest BCUT2D eigenvalue weighted by atomic mass is 9.64. The summed E-state index contributed by atoms with van der Waals surface area (Å²) in [4.78, 5) is 27.5. The van der Waals surface area contributed by atoms with Gasteiger partial charge in [-0.15, -0.1) is 0 Å². The van der Waals surface area contributed by atoms with Crippen LogP contribution in [0.5, 0.6) is 0 Å². The molecule has 0 saturated heterocycles. The first-order chi connectivity index (χ1) is 17.5. The second-order valence-corrected chi connectivity index (χ2v) is 12.5. The molecule has 1 N–H and O–H groups in total. The number of allylic oxidation sites excluding steroid dienone is 4. The molecule has 0 radical (unpaired) electrons. The van der Waals surface area contributed by atoms with Crippen molar-refractivity contribution in [2.45, 2.75) is 65.8 Å². The van der Waals surface area contributed by atoms with Crippen molar-refractivity contribution in [1.29, 1.82) is 0 Å². The van der Waals surface area contributed by atoms with Gasteiger partial charge in [-0.25, -0.2) is 4.39 Å². The highest BCUT2D eigenvalue weighted by Gasteiger charge is 2.47. The van der Waals surface area contributed by atoms with E-state index in [1.54, 1.807) is 12.1 Å². The maximum absolute atomic E-state index is 14.6. The van der Waals surface area contributed by atoms with Gasteiger partial charge in [-0.05, 0) is 41.4 Å². The maximum Gasteiger partial charge on any atom is 0.162 e. The van der Waals surface area contributed by atoms with E-state index in [0.29, 0.717) is 24.9 Å². The average Bonchev–Trinajstić information content (AvgIpc) is 3.16. The molecule has 190 valence electrons. The Balaban J connectivity index is 1.57. The molecular weight excluding hydrogens is 463 g/mol. The van der Waals surface area contributed by atoms with Crippen molar-refractivity contribution in [2.24, 2.45) is 10.8 Å². The fourth-order valence-corrected chi connectivity index (χ4v) is 6.65. The van der Waals surface area contributed by atoms with Crippen molar-refractivity contribution >= 4 is 22.5 Å². The second kappa shape index (κ2) is 8.27. The van der Waals surface area contributed by atoms with Crippen LogP contribution in [0.25, 0.3) is 10.9 Å². The van der Waals surface area contributed by atoms with Crippen LogP contribution >= 0.6 is 0 Å². The Morgan fingerprint density at radius 2 is 1.41 bits per heavy atom. The summed E-state index contributed by atoms with van der Waals surface area (Å²) < 4.78 is 16.7. The van der Waals surface area contributed by atoms with Crippen LogP contribution < -0.4 is 5.32 Å². The molecule has 0 atom stereocenters. The first-order valence-electron chi connectivity index (χ1n) is 13.1. The maximum atomic E-state index is 14.6. The van der Waals surface area contributed by atoms with Gasteiger partial charge in [-0.3, -0.25) is 9.59 Å². The van der Waals surface area contributed by atoms with Crippen molar-refractivity contribution in [3.63, 3.8) is 0 Å². The van der Waals surface area contributed by atoms with Crippen LogP contribution in [0.2, 0.25) is 0 Å². The fraction of sp³-hybridized carbons (Fsp3) is 0.375. The van der Waals surface area contributed by atoms with E-state index in [1.807, 2.05) is 30.5 Å². The number of aromatic nitrogens is 1. The van der Waals surface area contributed by atoms with Crippen molar-refractivity contribution in [3.8, 4) is 0 Å². The third kappa shape index (κ3) is 4.05. The molecule has 2 heterocycles. The lowest BCUT2D eigenvalue weighted by molar-refractivity contribution is -0.119. The molecule has 6 rings (SSSR count). The lowest BCUT2D eigenvalue weighted by Crippen LogP contribution is -2.42. The zero-order valence-electron chi connectivity index (χ0n) is 22.0. The van der Waals surface area contributed by atoms with Gasteiger partial charge < -0.3 is 9.88 Å². The number of ketones is 2. The number of dihydropyridines is 1. The Morgan fingerprint density at radius 3 is 2.03 bits per heavy atom. The van der Waals surface area contributed by atoms with Gasteiger partial charge in [0.1, 0.15) is 5.82 Å². The molecule has 0 fully saturated rings. The molecule has 37 heavy (non-hydrogen) atoms. The summed E-state index contributed by atoms with van der Waals surface area (Å²) in [5.74, 6) is -0.434. The number of hydrogen-bond donors (Lipinski definition) is 1. The highest BCUT2D eigenvalue weighted by atomic mass is 19.1. The number of benzene rings is 2. The van der Waals surface area contributed by atoms with Gasteiger partial charge in [0.25, 0.3) is 0 Å². The minimum absolute atomic E-state index is 0.110. The van der Waals surface area contributed by atoms with Crippen LogP contribution in [0.4, 0.5) is 4.39 Å². The van der Waals surface area contributed by atoms with E-state index in [0.717, 1.165) is 51.8 Å². The molecule has 3 aliphatic rings. The van der Waals surface area contributed by atoms with Gasteiger partial charge in [0, 0.05) is 64.0 Å². The van der Waals surface area contributed by atoms with Gasteiger partial charge in [0.15, 0.2) is 11.6 Å². The van der Waals surface area contributed by atoms with Crippen LogP contribution in [-0.2, 0) is 16.1 Å². The largest absolute Gasteiger partial charge is 0.362 e. The normalized spacial score (nSPS) is 21.2. The summed E-state index contributed by atoms with van der Waals surface area (Å²) >= 11 is 0. The number of rotatable bonds is 3. The molecule has 2 aromatic carbocycles. The Morgan fingerprint density at radius 1 is 0.838 bits per heavy atom. The zero-order valence-corrected chi connectivity index (χ0v) is 22.0. The van der Waals surface area contributed by atoms with E-state index < -0.39 is 5.92 Å². The van der Waals surface area contributed by atoms with E-state index in [2.05, 4.69) is 43.6 Å². The van der Waals surface area contributed by atoms with Crippen molar-refractivity contribution in [3.05, 3.63) is 94.2 Å². The van der Waals surface area contributed by atoms with Crippen LogP contribution in [0.1, 0.15) is 70.4 Å². The van der Waals surface area contributed by atoms with E-state index >= 15 is 0 Å². The third-order valence-electron chi connectivity index (χ3n) is 8.15. The second-order valence-electron chi connectivity index (χ2n) is 12.5. The van der Waals surface area contributed by atoms with Gasteiger partial charge in [-0.1, -0.05) is 64.1 Å². The number of nitrogens with zero attached hydrogens (tertiary/aromatic N) is 1. The molecule has 3 aromatic rings. The predicted molar refractivity (Wildman–Crippen MR) is 143 cm³/mol. The molecular formula is C32H33FN2O2. The van der Waals surface area contributed by atoms with Crippen LogP contribution in [0, 0.1) is 16.6 Å². The molecule has 4 nitrogen and oxygen atoms in total. The average molecular weight is 497 g/mol. The number of carbonyl (C=O) groups excluding carboxylic acids is 2. The molecule has 5 heteroatoms. The Bertz CT molecular complexity index is 1480. The monoisotopic (exact) mass is 496 g/mol. The number of carbonyl (C=O) groups is 2. The zero-order chi connectivity index (χ0) is 26.1. The molecule has 0 bridgehead atoms. The summed E-state index contributed by atoms with van der Waals surface area (Å²) in [6.07, 6.45) is 4.50. The molecule has 2 aliphatic carbocycles. The molecule has 1 aliphatic heterocycles. The summed E-state index contributed by atoms with van der Waals surface area (Å²) in [5.41, 5.74) is 5.64. The van der Waals surface area contributed by atoms with Crippen molar-refractivity contribution in [2.75, 3.05) is 0 Å². The Labute approximate surface area is 217 Å². The van der Waals surface area contributed by atoms with Gasteiger partial charge in [0.05, 0.1) is 6.54 Å². The molecule has 0 spiro atoms. The van der Waals surface area contributed by atoms with Crippen LogP contribution in [-0.4, -0.2) is 16.1 Å². The SMILES string of the molecule is CC1(C)CC(=O)C2=C(C1)NC1=C(C(=O)CC(C)(C)C1)C2c1cn(Cc2ccccc2F)c2ccccc12. The number of Topliss-reactive ketones (excluding diaryl/α,β-unsaturated/α-hetero) is 2. The topological polar surface area (TPSA) is 51.1 Å². The van der Waals surface area contributed by atoms with Crippen molar-refractivity contribution < 1.29 is 14.0 Å². The van der Waals surface area contributed by atoms with Gasteiger partial charge in [0.2, 0.25) is 0 Å². The number of fused-ring (bicyclic) bond motifs is 1. The smallest absolute Gasteiger partial charge is 0.162 e. The number of nitrogens with one attached hydrogen (secondary N) is 1. The third-order valence-corrected chi connectivity index (χ3v) is 8.15. The number of halogens is 1. The Hall–Kier alpha value is -3.47. The Kier molecular flexibility index (Phi) is 5.34. The molecule has 0 unspecified atom stereocenters. The molecule has 0 amide bonds. The predicted octanol–water partition coefficient (Wildman–Crippen LogP) is 6.80. The first kappa shape index (κ1) is 23.9. The minimum Gasteiger partial charge on any atom is -0.362 e. The summed E-state index contributed by atoms with van der Waals surface area (Å²) in [5, 5.41) is 4.59. The first-order valence-corrected chi connectivity index (χ1v) is 13.1. The quantitative estimate of drug-likeness (QED) is 0.434. The van der Waals surface area contributed by atoms with E-state index in [9.17, 15) is 14.0 Å². The van der Waals surface area contributed by atoms with E-state index in [-0.39, 0.29) is 28.2 Å². The number of para-hydroxylation sites is 1. The van der Waals surface area contributed by atoms with Gasteiger partial charge in [-0.2, -0.15) is 0 Å². The highest BCUT2D eigenvalue weighted by molar-refractivity contribution is 6.08. The van der Waals surface area contributed by atoms with Crippen LogP contribution in [0.15, 0.2) is 77.3 Å². The van der Waals surface area contributed by atoms with Gasteiger partial charge >= 0.3 is 0 Å². The highest BCUT2D eigenvalue weighted by Crippen LogP contribution is 2.52. The summed E-state index contributed by atoms with van der Waals surface area (Å²) in [6, 6.07) is 14.9. The molecule has 1 aromatic heterocycles. The van der Waals surface area contributed by atoms with E-state index in [1.165, 1.54) is 6.07 Å². The van der Waals surface area contributed by atoms with Crippen molar-refractivity contribution in [1.82, 2.24) is 9.88 Å². The summed E-state index contributed by atoms with van der Waals surface area (Å²) in [7, 11) is 0. The fourth-order valence-electron chi connectivity index (χ4n) is 6.65. The molecule has 0 saturated carbocycles. The standard InChI is InChI=1S/C32H33FN2O2/c1-31(2)13-23-29(26(36)15-31)28(30-24(34-23)14-32(3,4)16-27(30)37)21-18-35(25-12-8-6-10-20(21)25)17-19-9-5-7-11-22(19)33/h5-12,18,28,34H,13-17H2,1-4H3. The number of hydrogen-bond acceptors (Lipinski definition) is 3. The lowest BCUT2D eigenvalue weighted by Gasteiger charge is -2.43.